The summed E-state index contributed by atoms with van der Waals surface area (Å²) in [5, 5.41) is 0. The molecule has 1 atom stereocenters. The Bertz CT molecular complexity index is 378. The van der Waals surface area contributed by atoms with Crippen molar-refractivity contribution in [1.29, 1.82) is 0 Å². The molecule has 2 N–H and O–H groups in total. The number of benzene rings is 1. The normalized spacial score (nSPS) is 13.5. The van der Waals surface area contributed by atoms with Gasteiger partial charge in [-0.1, -0.05) is 12.1 Å². The number of hydrogen-bond donors (Lipinski definition) is 1. The fraction of sp³-hybridized carbons (Fsp3) is 0.455. The Balaban J connectivity index is 2.75. The van der Waals surface area contributed by atoms with E-state index in [2.05, 4.69) is 0 Å². The van der Waals surface area contributed by atoms with Gasteiger partial charge in [-0.25, -0.2) is 4.39 Å². The number of ether oxygens (including phenoxy) is 1. The van der Waals surface area contributed by atoms with Crippen LogP contribution in [0.25, 0.3) is 0 Å². The molecule has 1 unspecified atom stereocenters. The van der Waals surface area contributed by atoms with Gasteiger partial charge in [-0.05, 0) is 18.1 Å². The third kappa shape index (κ3) is 4.22. The van der Waals surface area contributed by atoms with E-state index in [1.807, 2.05) is 0 Å². The summed E-state index contributed by atoms with van der Waals surface area (Å²) in [5.74, 6) is -0.658. The molecule has 0 aliphatic heterocycles. The van der Waals surface area contributed by atoms with Crippen molar-refractivity contribution < 1.29 is 22.3 Å². The van der Waals surface area contributed by atoms with Crippen LogP contribution in [0.2, 0.25) is 0 Å². The van der Waals surface area contributed by atoms with Gasteiger partial charge < -0.3 is 10.5 Å². The first-order valence-electron chi connectivity index (χ1n) is 4.97. The van der Waals surface area contributed by atoms with Gasteiger partial charge in [0.25, 0.3) is 0 Å². The van der Waals surface area contributed by atoms with Gasteiger partial charge >= 0.3 is 6.18 Å². The molecule has 1 aromatic rings. The molecule has 0 saturated heterocycles. The first-order chi connectivity index (χ1) is 7.83. The van der Waals surface area contributed by atoms with Gasteiger partial charge in [0.2, 0.25) is 0 Å². The Labute approximate surface area is 96.4 Å². The van der Waals surface area contributed by atoms with Crippen LogP contribution in [0.1, 0.15) is 12.0 Å². The monoisotopic (exact) mass is 251 g/mol. The molecular formula is C11H13F4NO. The molecular weight excluding hydrogens is 238 g/mol. The number of nitrogens with two attached hydrogens (primary N) is 1. The van der Waals surface area contributed by atoms with E-state index in [0.29, 0.717) is 0 Å². The van der Waals surface area contributed by atoms with Crippen LogP contribution in [0.5, 0.6) is 5.75 Å². The highest BCUT2D eigenvalue weighted by Crippen LogP contribution is 2.25. The van der Waals surface area contributed by atoms with Crippen LogP contribution in [0.4, 0.5) is 17.6 Å². The second-order valence-corrected chi connectivity index (χ2v) is 3.72. The molecule has 0 aliphatic carbocycles. The van der Waals surface area contributed by atoms with E-state index < -0.39 is 24.5 Å². The van der Waals surface area contributed by atoms with E-state index in [-0.39, 0.29) is 17.7 Å². The van der Waals surface area contributed by atoms with Crippen LogP contribution in [0.15, 0.2) is 18.2 Å². The summed E-state index contributed by atoms with van der Waals surface area (Å²) < 4.78 is 54.5. The van der Waals surface area contributed by atoms with Crippen LogP contribution >= 0.6 is 0 Å². The smallest absolute Gasteiger partial charge is 0.390 e. The average molecular weight is 251 g/mol. The number of methoxy groups -OCH3 is 1. The summed E-state index contributed by atoms with van der Waals surface area (Å²) >= 11 is 0. The van der Waals surface area contributed by atoms with E-state index in [1.54, 1.807) is 0 Å². The lowest BCUT2D eigenvalue weighted by atomic mass is 10.0. The summed E-state index contributed by atoms with van der Waals surface area (Å²) in [7, 11) is 1.29. The van der Waals surface area contributed by atoms with Crippen LogP contribution < -0.4 is 10.5 Å². The highest BCUT2D eigenvalue weighted by molar-refractivity contribution is 5.31. The number of hydrogen-bond acceptors (Lipinski definition) is 2. The molecule has 17 heavy (non-hydrogen) atoms. The second-order valence-electron chi connectivity index (χ2n) is 3.72. The summed E-state index contributed by atoms with van der Waals surface area (Å²) in [5.41, 5.74) is 5.45. The van der Waals surface area contributed by atoms with Crippen molar-refractivity contribution in [1.82, 2.24) is 0 Å². The summed E-state index contributed by atoms with van der Waals surface area (Å²) in [6, 6.07) is 3.15. The second kappa shape index (κ2) is 5.35. The SMILES string of the molecule is COc1cccc(CC(N)CC(F)(F)F)c1F. The molecule has 6 heteroatoms. The van der Waals surface area contributed by atoms with Crippen LogP contribution in [0.3, 0.4) is 0 Å². The van der Waals surface area contributed by atoms with Crippen molar-refractivity contribution in [3.63, 3.8) is 0 Å². The molecule has 0 aliphatic rings. The van der Waals surface area contributed by atoms with E-state index in [0.717, 1.165) is 0 Å². The lowest BCUT2D eigenvalue weighted by Crippen LogP contribution is -2.29. The van der Waals surface area contributed by atoms with E-state index in [1.165, 1.54) is 25.3 Å². The Hall–Kier alpha value is -1.30. The Morgan fingerprint density at radius 3 is 2.53 bits per heavy atom. The van der Waals surface area contributed by atoms with Crippen LogP contribution in [-0.2, 0) is 6.42 Å². The van der Waals surface area contributed by atoms with Crippen molar-refractivity contribution in [2.45, 2.75) is 25.1 Å². The van der Waals surface area contributed by atoms with Crippen molar-refractivity contribution >= 4 is 0 Å². The lowest BCUT2D eigenvalue weighted by Gasteiger charge is -2.15. The van der Waals surface area contributed by atoms with Gasteiger partial charge in [0.1, 0.15) is 0 Å². The highest BCUT2D eigenvalue weighted by atomic mass is 19.4. The Kier molecular flexibility index (Phi) is 4.34. The summed E-state index contributed by atoms with van der Waals surface area (Å²) in [6.07, 6.45) is -5.65. The molecule has 0 fully saturated rings. The van der Waals surface area contributed by atoms with Gasteiger partial charge in [0.05, 0.1) is 13.5 Å². The molecule has 0 saturated carbocycles. The Morgan fingerprint density at radius 1 is 1.35 bits per heavy atom. The average Bonchev–Trinajstić information content (AvgIpc) is 2.18. The zero-order valence-electron chi connectivity index (χ0n) is 9.22. The Morgan fingerprint density at radius 2 is 2.00 bits per heavy atom. The number of alkyl halides is 3. The molecule has 2 nitrogen and oxygen atoms in total. The van der Waals surface area contributed by atoms with Crippen molar-refractivity contribution in [3.8, 4) is 5.75 Å². The number of halogens is 4. The summed E-state index contributed by atoms with van der Waals surface area (Å²) in [4.78, 5) is 0. The lowest BCUT2D eigenvalue weighted by molar-refractivity contribution is -0.138. The van der Waals surface area contributed by atoms with Crippen molar-refractivity contribution in [2.24, 2.45) is 5.73 Å². The molecule has 0 radical (unpaired) electrons. The van der Waals surface area contributed by atoms with Crippen LogP contribution in [0, 0.1) is 5.82 Å². The maximum Gasteiger partial charge on any atom is 0.390 e. The van der Waals surface area contributed by atoms with Crippen LogP contribution in [-0.4, -0.2) is 19.3 Å². The third-order valence-electron chi connectivity index (χ3n) is 2.24. The molecule has 0 bridgehead atoms. The fourth-order valence-corrected chi connectivity index (χ4v) is 1.52. The fourth-order valence-electron chi connectivity index (χ4n) is 1.52. The van der Waals surface area contributed by atoms with Gasteiger partial charge in [0.15, 0.2) is 11.6 Å². The van der Waals surface area contributed by atoms with E-state index >= 15 is 0 Å². The van der Waals surface area contributed by atoms with Gasteiger partial charge in [-0.2, -0.15) is 13.2 Å². The minimum atomic E-state index is -4.34. The molecule has 0 aromatic heterocycles. The van der Waals surface area contributed by atoms with Crippen molar-refractivity contribution in [3.05, 3.63) is 29.6 Å². The number of rotatable bonds is 4. The molecule has 0 heterocycles. The summed E-state index contributed by atoms with van der Waals surface area (Å²) in [6.45, 7) is 0. The van der Waals surface area contributed by atoms with Crippen molar-refractivity contribution in [2.75, 3.05) is 7.11 Å². The van der Waals surface area contributed by atoms with E-state index in [4.69, 9.17) is 10.5 Å². The zero-order chi connectivity index (χ0) is 13.1. The maximum atomic E-state index is 13.6. The topological polar surface area (TPSA) is 35.2 Å². The largest absolute Gasteiger partial charge is 0.494 e. The first-order valence-corrected chi connectivity index (χ1v) is 4.97. The molecule has 1 aromatic carbocycles. The van der Waals surface area contributed by atoms with E-state index in [9.17, 15) is 17.6 Å². The maximum absolute atomic E-state index is 13.6. The molecule has 1 rings (SSSR count). The third-order valence-corrected chi connectivity index (χ3v) is 2.24. The molecule has 0 spiro atoms. The predicted molar refractivity (Wildman–Crippen MR) is 55.3 cm³/mol. The predicted octanol–water partition coefficient (Wildman–Crippen LogP) is 2.66. The quantitative estimate of drug-likeness (QED) is 0.835. The van der Waals surface area contributed by atoms with Gasteiger partial charge in [0, 0.05) is 6.04 Å². The van der Waals surface area contributed by atoms with Gasteiger partial charge in [-0.3, -0.25) is 0 Å². The highest BCUT2D eigenvalue weighted by Gasteiger charge is 2.30. The molecule has 96 valence electrons. The standard InChI is InChI=1S/C11H13F4NO/c1-17-9-4-2-3-7(10(9)12)5-8(16)6-11(13,14)15/h2-4,8H,5-6,16H2,1H3. The van der Waals surface area contributed by atoms with Gasteiger partial charge in [-0.15, -0.1) is 0 Å². The zero-order valence-corrected chi connectivity index (χ0v) is 9.22. The minimum absolute atomic E-state index is 0.00158. The first kappa shape index (κ1) is 13.8. The molecule has 0 amide bonds. The minimum Gasteiger partial charge on any atom is -0.494 e.